The van der Waals surface area contributed by atoms with Gasteiger partial charge >= 0.3 is 0 Å². The normalized spacial score (nSPS) is 13.5. The van der Waals surface area contributed by atoms with Crippen LogP contribution in [-0.4, -0.2) is 26.0 Å². The lowest BCUT2D eigenvalue weighted by molar-refractivity contribution is 0.571. The van der Waals surface area contributed by atoms with E-state index in [9.17, 15) is 8.42 Å². The van der Waals surface area contributed by atoms with Crippen LogP contribution in [0.25, 0.3) is 10.9 Å². The van der Waals surface area contributed by atoms with E-state index in [2.05, 4.69) is 9.71 Å². The van der Waals surface area contributed by atoms with E-state index >= 15 is 0 Å². The Morgan fingerprint density at radius 2 is 2.05 bits per heavy atom. The van der Waals surface area contributed by atoms with Crippen LogP contribution < -0.4 is 10.5 Å². The zero-order valence-corrected chi connectivity index (χ0v) is 12.2. The van der Waals surface area contributed by atoms with Gasteiger partial charge in [0.15, 0.2) is 0 Å². The predicted molar refractivity (Wildman–Crippen MR) is 80.6 cm³/mol. The molecule has 108 valence electrons. The summed E-state index contributed by atoms with van der Waals surface area (Å²) in [5.41, 5.74) is 7.04. The van der Waals surface area contributed by atoms with Crippen LogP contribution in [0.3, 0.4) is 0 Å². The maximum atomic E-state index is 12.0. The second kappa shape index (κ2) is 6.30. The molecule has 2 rings (SSSR count). The molecule has 0 amide bonds. The molecule has 0 aliphatic carbocycles. The molecule has 3 N–H and O–H groups in total. The summed E-state index contributed by atoms with van der Waals surface area (Å²) < 4.78 is 26.7. The molecule has 1 aromatic heterocycles. The van der Waals surface area contributed by atoms with Crippen LogP contribution in [0.1, 0.15) is 18.9 Å². The van der Waals surface area contributed by atoms with Gasteiger partial charge in [0.25, 0.3) is 0 Å². The summed E-state index contributed by atoms with van der Waals surface area (Å²) in [4.78, 5) is 4.26. The number of benzene rings is 1. The van der Waals surface area contributed by atoms with Gasteiger partial charge in [0.05, 0.1) is 11.3 Å². The molecule has 2 aromatic rings. The quantitative estimate of drug-likeness (QED) is 0.843. The maximum absolute atomic E-state index is 12.0. The van der Waals surface area contributed by atoms with Gasteiger partial charge in [-0.15, -0.1) is 0 Å². The van der Waals surface area contributed by atoms with Crippen molar-refractivity contribution in [1.82, 2.24) is 9.71 Å². The highest BCUT2D eigenvalue weighted by atomic mass is 32.2. The molecule has 1 heterocycles. The summed E-state index contributed by atoms with van der Waals surface area (Å²) in [5.74, 6) is -0.0691. The minimum absolute atomic E-state index is 0.0167. The molecule has 0 bridgehead atoms. The molecule has 0 aliphatic heterocycles. The first kappa shape index (κ1) is 14.9. The van der Waals surface area contributed by atoms with E-state index in [1.54, 1.807) is 12.3 Å². The molecule has 0 fully saturated rings. The number of nitrogens with one attached hydrogen (secondary N) is 1. The van der Waals surface area contributed by atoms with Gasteiger partial charge in [-0.05, 0) is 25.0 Å². The molecular formula is C14H19N3O2S. The molecule has 0 saturated carbocycles. The molecule has 0 spiro atoms. The third kappa shape index (κ3) is 4.00. The summed E-state index contributed by atoms with van der Waals surface area (Å²) in [7, 11) is -3.37. The number of rotatable bonds is 6. The lowest BCUT2D eigenvalue weighted by Crippen LogP contribution is -2.30. The largest absolute Gasteiger partial charge is 0.328 e. The summed E-state index contributed by atoms with van der Waals surface area (Å²) in [6.07, 6.45) is 2.29. The zero-order chi connectivity index (χ0) is 14.6. The van der Waals surface area contributed by atoms with Gasteiger partial charge in [-0.3, -0.25) is 4.98 Å². The second-order valence-electron chi connectivity index (χ2n) is 4.91. The van der Waals surface area contributed by atoms with E-state index in [4.69, 9.17) is 5.73 Å². The topological polar surface area (TPSA) is 85.1 Å². The van der Waals surface area contributed by atoms with Gasteiger partial charge in [-0.1, -0.05) is 24.3 Å². The lowest BCUT2D eigenvalue weighted by atomic mass is 10.1. The minimum Gasteiger partial charge on any atom is -0.328 e. The second-order valence-corrected chi connectivity index (χ2v) is 6.72. The SMILES string of the molecule is CC(N)CCNS(=O)(=O)Cc1cccc2cccnc12. The van der Waals surface area contributed by atoms with Crippen LogP contribution in [0.2, 0.25) is 0 Å². The van der Waals surface area contributed by atoms with Crippen molar-refractivity contribution in [3.05, 3.63) is 42.1 Å². The van der Waals surface area contributed by atoms with Crippen LogP contribution in [0.5, 0.6) is 0 Å². The van der Waals surface area contributed by atoms with E-state index in [0.717, 1.165) is 10.9 Å². The number of hydrogen-bond acceptors (Lipinski definition) is 4. The van der Waals surface area contributed by atoms with Crippen molar-refractivity contribution in [3.8, 4) is 0 Å². The van der Waals surface area contributed by atoms with Crippen LogP contribution >= 0.6 is 0 Å². The highest BCUT2D eigenvalue weighted by Gasteiger charge is 2.13. The standard InChI is InChI=1S/C14H19N3O2S/c1-11(15)7-9-17-20(18,19)10-13-5-2-4-12-6-3-8-16-14(12)13/h2-6,8,11,17H,7,9-10,15H2,1H3. The Labute approximate surface area is 119 Å². The third-order valence-corrected chi connectivity index (χ3v) is 4.32. The number of hydrogen-bond donors (Lipinski definition) is 2. The Morgan fingerprint density at radius 3 is 2.80 bits per heavy atom. The van der Waals surface area contributed by atoms with Crippen molar-refractivity contribution >= 4 is 20.9 Å². The van der Waals surface area contributed by atoms with Gasteiger partial charge < -0.3 is 5.73 Å². The van der Waals surface area contributed by atoms with Gasteiger partial charge in [0, 0.05) is 24.2 Å². The molecule has 0 aliphatic rings. The van der Waals surface area contributed by atoms with Gasteiger partial charge in [0.1, 0.15) is 0 Å². The fourth-order valence-electron chi connectivity index (χ4n) is 1.98. The molecule has 1 unspecified atom stereocenters. The number of nitrogens with zero attached hydrogens (tertiary/aromatic N) is 1. The van der Waals surface area contributed by atoms with Crippen LogP contribution in [0.4, 0.5) is 0 Å². The summed E-state index contributed by atoms with van der Waals surface area (Å²) >= 11 is 0. The van der Waals surface area contributed by atoms with Gasteiger partial charge in [-0.2, -0.15) is 0 Å². The first-order chi connectivity index (χ1) is 9.48. The number of nitrogens with two attached hydrogens (primary N) is 1. The molecule has 20 heavy (non-hydrogen) atoms. The molecular weight excluding hydrogens is 274 g/mol. The Kier molecular flexibility index (Phi) is 4.69. The fourth-order valence-corrected chi connectivity index (χ4v) is 3.16. The van der Waals surface area contributed by atoms with E-state index < -0.39 is 10.0 Å². The van der Waals surface area contributed by atoms with Crippen molar-refractivity contribution in [2.45, 2.75) is 25.1 Å². The van der Waals surface area contributed by atoms with Crippen molar-refractivity contribution < 1.29 is 8.42 Å². The van der Waals surface area contributed by atoms with Gasteiger partial charge in [0.2, 0.25) is 10.0 Å². The molecule has 1 aromatic carbocycles. The first-order valence-electron chi connectivity index (χ1n) is 6.53. The Hall–Kier alpha value is -1.50. The summed E-state index contributed by atoms with van der Waals surface area (Å²) in [6, 6.07) is 9.29. The number of para-hydroxylation sites is 1. The molecule has 1 atom stereocenters. The van der Waals surface area contributed by atoms with Crippen molar-refractivity contribution in [1.29, 1.82) is 0 Å². The Balaban J connectivity index is 2.15. The monoisotopic (exact) mass is 293 g/mol. The van der Waals surface area contributed by atoms with Crippen LogP contribution in [0, 0.1) is 0 Å². The lowest BCUT2D eigenvalue weighted by Gasteiger charge is -2.09. The average molecular weight is 293 g/mol. The fraction of sp³-hybridized carbons (Fsp3) is 0.357. The Bertz CT molecular complexity index is 678. The zero-order valence-electron chi connectivity index (χ0n) is 11.4. The average Bonchev–Trinajstić information content (AvgIpc) is 2.38. The molecule has 0 saturated heterocycles. The Morgan fingerprint density at radius 1 is 1.30 bits per heavy atom. The first-order valence-corrected chi connectivity index (χ1v) is 8.19. The van der Waals surface area contributed by atoms with E-state index in [0.29, 0.717) is 18.5 Å². The van der Waals surface area contributed by atoms with Gasteiger partial charge in [-0.25, -0.2) is 13.1 Å². The van der Waals surface area contributed by atoms with E-state index in [-0.39, 0.29) is 11.8 Å². The maximum Gasteiger partial charge on any atom is 0.215 e. The predicted octanol–water partition coefficient (Wildman–Crippen LogP) is 1.39. The minimum atomic E-state index is -3.37. The highest BCUT2D eigenvalue weighted by molar-refractivity contribution is 7.88. The number of pyridine rings is 1. The van der Waals surface area contributed by atoms with E-state index in [1.807, 2.05) is 31.2 Å². The third-order valence-electron chi connectivity index (χ3n) is 2.98. The number of aromatic nitrogens is 1. The molecule has 5 nitrogen and oxygen atoms in total. The van der Waals surface area contributed by atoms with Crippen molar-refractivity contribution in [3.63, 3.8) is 0 Å². The van der Waals surface area contributed by atoms with Crippen molar-refractivity contribution in [2.24, 2.45) is 5.73 Å². The molecule has 0 radical (unpaired) electrons. The summed E-state index contributed by atoms with van der Waals surface area (Å²) in [6.45, 7) is 2.21. The van der Waals surface area contributed by atoms with E-state index in [1.165, 1.54) is 0 Å². The molecule has 6 heteroatoms. The number of sulfonamides is 1. The highest BCUT2D eigenvalue weighted by Crippen LogP contribution is 2.17. The summed E-state index contributed by atoms with van der Waals surface area (Å²) in [5, 5.41) is 0.941. The van der Waals surface area contributed by atoms with Crippen LogP contribution in [0.15, 0.2) is 36.5 Å². The van der Waals surface area contributed by atoms with Crippen molar-refractivity contribution in [2.75, 3.05) is 6.54 Å². The van der Waals surface area contributed by atoms with Crippen LogP contribution in [-0.2, 0) is 15.8 Å². The number of fused-ring (bicyclic) bond motifs is 1. The smallest absolute Gasteiger partial charge is 0.215 e.